The van der Waals surface area contributed by atoms with E-state index in [0.717, 1.165) is 52.7 Å². The lowest BCUT2D eigenvalue weighted by Gasteiger charge is -2.15. The summed E-state index contributed by atoms with van der Waals surface area (Å²) in [6, 6.07) is 8.32. The highest BCUT2D eigenvalue weighted by molar-refractivity contribution is 5.92. The van der Waals surface area contributed by atoms with E-state index in [-0.39, 0.29) is 6.79 Å². The van der Waals surface area contributed by atoms with Crippen molar-refractivity contribution < 1.29 is 18.9 Å². The number of methoxy groups -OCH3 is 2. The predicted molar refractivity (Wildman–Crippen MR) is 134 cm³/mol. The normalized spacial score (nSPS) is 14.0. The molecule has 0 unspecified atom stereocenters. The van der Waals surface area contributed by atoms with E-state index in [2.05, 4.69) is 51.1 Å². The molecule has 32 heavy (non-hydrogen) atoms. The molecule has 0 fully saturated rings. The lowest BCUT2D eigenvalue weighted by molar-refractivity contribution is 0.174. The third kappa shape index (κ3) is 5.29. The molecular formula is C28H38O4. The van der Waals surface area contributed by atoms with Crippen LogP contribution in [0, 0.1) is 0 Å². The van der Waals surface area contributed by atoms with Crippen molar-refractivity contribution in [3.8, 4) is 23.0 Å². The second kappa shape index (κ2) is 12.2. The summed E-state index contributed by atoms with van der Waals surface area (Å²) in [5.74, 6) is 3.13. The number of benzene rings is 2. The average molecular weight is 439 g/mol. The van der Waals surface area contributed by atoms with Gasteiger partial charge in [-0.3, -0.25) is 0 Å². The van der Waals surface area contributed by atoms with Gasteiger partial charge in [0.25, 0.3) is 0 Å². The molecule has 0 aliphatic carbocycles. The maximum absolute atomic E-state index is 5.70. The fourth-order valence-corrected chi connectivity index (χ4v) is 3.88. The maximum Gasteiger partial charge on any atom is 0.231 e. The van der Waals surface area contributed by atoms with Crippen LogP contribution in [-0.4, -0.2) is 21.0 Å². The molecule has 4 heteroatoms. The van der Waals surface area contributed by atoms with Gasteiger partial charge in [0.1, 0.15) is 0 Å². The monoisotopic (exact) mass is 438 g/mol. The number of rotatable bonds is 7. The molecule has 0 bridgehead atoms. The molecule has 1 aliphatic rings. The average Bonchev–Trinajstić information content (AvgIpc) is 3.29. The number of ether oxygens (including phenoxy) is 4. The molecule has 0 aromatic heterocycles. The first-order valence-electron chi connectivity index (χ1n) is 11.6. The Bertz CT molecular complexity index is 1060. The molecule has 2 aromatic carbocycles. The van der Waals surface area contributed by atoms with Crippen molar-refractivity contribution in [2.45, 2.75) is 60.8 Å². The van der Waals surface area contributed by atoms with E-state index in [1.165, 1.54) is 22.3 Å². The van der Waals surface area contributed by atoms with Crippen LogP contribution in [-0.2, 0) is 6.42 Å². The van der Waals surface area contributed by atoms with Gasteiger partial charge in [-0.25, -0.2) is 0 Å². The lowest BCUT2D eigenvalue weighted by Crippen LogP contribution is -2.26. The van der Waals surface area contributed by atoms with Gasteiger partial charge in [-0.15, -0.1) is 0 Å². The van der Waals surface area contributed by atoms with Gasteiger partial charge < -0.3 is 18.9 Å². The Hall–Kier alpha value is -2.88. The van der Waals surface area contributed by atoms with Crippen LogP contribution in [0.15, 0.2) is 29.8 Å². The van der Waals surface area contributed by atoms with Crippen LogP contribution in [0.2, 0.25) is 0 Å². The zero-order chi connectivity index (χ0) is 23.7. The lowest BCUT2D eigenvalue weighted by atomic mass is 9.91. The highest BCUT2D eigenvalue weighted by Crippen LogP contribution is 2.39. The number of hydrogen-bond donors (Lipinski definition) is 0. The Morgan fingerprint density at radius 3 is 2.28 bits per heavy atom. The zero-order valence-corrected chi connectivity index (χ0v) is 20.9. The van der Waals surface area contributed by atoms with Gasteiger partial charge in [0.05, 0.1) is 14.2 Å². The number of hydrogen-bond acceptors (Lipinski definition) is 4. The Balaban J connectivity index is 0.00000176. The molecule has 0 atom stereocenters. The summed E-state index contributed by atoms with van der Waals surface area (Å²) >= 11 is 0. The van der Waals surface area contributed by atoms with Gasteiger partial charge in [0.2, 0.25) is 6.79 Å². The van der Waals surface area contributed by atoms with E-state index in [1.807, 2.05) is 26.8 Å². The van der Waals surface area contributed by atoms with E-state index in [0.29, 0.717) is 0 Å². The Morgan fingerprint density at radius 1 is 1.03 bits per heavy atom. The van der Waals surface area contributed by atoms with Gasteiger partial charge in [-0.05, 0) is 72.9 Å². The summed E-state index contributed by atoms with van der Waals surface area (Å²) in [7, 11) is 3.34. The predicted octanol–water partition coefficient (Wildman–Crippen LogP) is 5.88. The second-order valence-electron chi connectivity index (χ2n) is 7.40. The Labute approximate surface area is 193 Å². The molecular weight excluding hydrogens is 400 g/mol. The first-order chi connectivity index (χ1) is 15.6. The van der Waals surface area contributed by atoms with E-state index >= 15 is 0 Å². The van der Waals surface area contributed by atoms with Gasteiger partial charge in [0, 0.05) is 5.22 Å². The number of aryl methyl sites for hydroxylation is 1. The smallest absolute Gasteiger partial charge is 0.231 e. The highest BCUT2D eigenvalue weighted by Gasteiger charge is 2.19. The van der Waals surface area contributed by atoms with Crippen molar-refractivity contribution in [3.05, 3.63) is 51.4 Å². The highest BCUT2D eigenvalue weighted by atomic mass is 16.7. The minimum Gasteiger partial charge on any atom is -0.493 e. The maximum atomic E-state index is 5.70. The fourth-order valence-electron chi connectivity index (χ4n) is 3.88. The van der Waals surface area contributed by atoms with Gasteiger partial charge in [0.15, 0.2) is 23.0 Å². The molecule has 0 radical (unpaired) electrons. The molecule has 0 amide bonds. The Kier molecular flexibility index (Phi) is 9.70. The van der Waals surface area contributed by atoms with Crippen molar-refractivity contribution in [1.82, 2.24) is 0 Å². The summed E-state index contributed by atoms with van der Waals surface area (Å²) in [5, 5.41) is 2.12. The molecule has 0 spiro atoms. The van der Waals surface area contributed by atoms with Crippen LogP contribution in [0.3, 0.4) is 0 Å². The fraction of sp³-hybridized carbons (Fsp3) is 0.429. The van der Waals surface area contributed by atoms with Crippen molar-refractivity contribution in [3.63, 3.8) is 0 Å². The standard InChI is InChI=1S/C26H32O4.C2H6/c1-7-10-18-14-24-25(30-16-29-24)15-22(18)21(17(4)8-2)13-19-11-12-23(27-5)26(28-6)20(19)9-3;1-2/h9,11-15H,7-8,10,16H2,1-6H3;1-2H3/b19-13-,20-9+,21-17?;. The van der Waals surface area contributed by atoms with Crippen LogP contribution in [0.1, 0.15) is 65.5 Å². The summed E-state index contributed by atoms with van der Waals surface area (Å²) in [4.78, 5) is 0. The summed E-state index contributed by atoms with van der Waals surface area (Å²) in [6.45, 7) is 12.9. The molecule has 0 N–H and O–H groups in total. The minimum absolute atomic E-state index is 0.282. The molecule has 2 aromatic rings. The summed E-state index contributed by atoms with van der Waals surface area (Å²) < 4.78 is 22.5. The molecule has 1 heterocycles. The van der Waals surface area contributed by atoms with E-state index in [9.17, 15) is 0 Å². The SMILES string of the molecule is C/C=c1/c(OC)c(OC)cc/c1=C/C(=C(C)CC)c1cc2c(cc1CCC)OCO2.CC. The van der Waals surface area contributed by atoms with Gasteiger partial charge >= 0.3 is 0 Å². The molecule has 0 saturated carbocycles. The number of fused-ring (bicyclic) bond motifs is 1. The summed E-state index contributed by atoms with van der Waals surface area (Å²) in [5.41, 5.74) is 5.03. The third-order valence-electron chi connectivity index (χ3n) is 5.60. The van der Waals surface area contributed by atoms with Crippen LogP contribution in [0.5, 0.6) is 23.0 Å². The zero-order valence-electron chi connectivity index (χ0n) is 20.9. The van der Waals surface area contributed by atoms with Gasteiger partial charge in [-0.2, -0.15) is 0 Å². The Morgan fingerprint density at radius 2 is 1.72 bits per heavy atom. The van der Waals surface area contributed by atoms with Crippen LogP contribution in [0.25, 0.3) is 17.7 Å². The molecule has 1 aliphatic heterocycles. The molecule has 174 valence electrons. The molecule has 4 nitrogen and oxygen atoms in total. The van der Waals surface area contributed by atoms with E-state index in [4.69, 9.17) is 18.9 Å². The third-order valence-corrected chi connectivity index (χ3v) is 5.60. The van der Waals surface area contributed by atoms with Crippen molar-refractivity contribution in [2.24, 2.45) is 0 Å². The largest absolute Gasteiger partial charge is 0.493 e. The molecule has 0 saturated heterocycles. The van der Waals surface area contributed by atoms with E-state index in [1.54, 1.807) is 14.2 Å². The van der Waals surface area contributed by atoms with Crippen molar-refractivity contribution in [2.75, 3.05) is 21.0 Å². The number of allylic oxidation sites excluding steroid dienone is 2. The van der Waals surface area contributed by atoms with Crippen LogP contribution >= 0.6 is 0 Å². The van der Waals surface area contributed by atoms with E-state index < -0.39 is 0 Å². The summed E-state index contributed by atoms with van der Waals surface area (Å²) in [6.07, 6.45) is 7.34. The van der Waals surface area contributed by atoms with Crippen LogP contribution < -0.4 is 29.4 Å². The topological polar surface area (TPSA) is 36.9 Å². The van der Waals surface area contributed by atoms with Gasteiger partial charge in [-0.1, -0.05) is 51.8 Å². The molecule has 3 rings (SSSR count). The van der Waals surface area contributed by atoms with Crippen molar-refractivity contribution >= 4 is 17.7 Å². The first-order valence-corrected chi connectivity index (χ1v) is 11.6. The quantitative estimate of drug-likeness (QED) is 0.541. The first kappa shape index (κ1) is 25.4. The van der Waals surface area contributed by atoms with Crippen molar-refractivity contribution in [1.29, 1.82) is 0 Å². The minimum atomic E-state index is 0.282. The second-order valence-corrected chi connectivity index (χ2v) is 7.40. The van der Waals surface area contributed by atoms with Crippen LogP contribution in [0.4, 0.5) is 0 Å².